The molecule has 0 spiro atoms. The van der Waals surface area contributed by atoms with Crippen LogP contribution in [-0.2, 0) is 19.0 Å². The van der Waals surface area contributed by atoms with Crippen molar-refractivity contribution >= 4 is 23.3 Å². The summed E-state index contributed by atoms with van der Waals surface area (Å²) in [4.78, 5) is 24.5. The van der Waals surface area contributed by atoms with E-state index < -0.39 is 18.2 Å². The first kappa shape index (κ1) is 21.7. The van der Waals surface area contributed by atoms with E-state index in [1.54, 1.807) is 24.3 Å². The molecule has 4 rings (SSSR count). The van der Waals surface area contributed by atoms with Gasteiger partial charge in [0.1, 0.15) is 0 Å². The van der Waals surface area contributed by atoms with Crippen molar-refractivity contribution in [2.24, 2.45) is 17.8 Å². The molecule has 8 heteroatoms. The molecule has 0 radical (unpaired) electrons. The summed E-state index contributed by atoms with van der Waals surface area (Å²) in [6.07, 6.45) is 1.66. The van der Waals surface area contributed by atoms with Crippen molar-refractivity contribution in [3.05, 3.63) is 72.0 Å². The number of aliphatic hydroxyl groups excluding tert-OH is 1. The van der Waals surface area contributed by atoms with E-state index in [-0.39, 0.29) is 24.4 Å². The minimum Gasteiger partial charge on any atom is -0.472 e. The molecule has 0 saturated heterocycles. The van der Waals surface area contributed by atoms with E-state index in [9.17, 15) is 14.7 Å². The lowest BCUT2D eigenvalue weighted by molar-refractivity contribution is -0.146. The highest BCUT2D eigenvalue weighted by Crippen LogP contribution is 2.46. The summed E-state index contributed by atoms with van der Waals surface area (Å²) in [6, 6.07) is 16.6. The van der Waals surface area contributed by atoms with Crippen molar-refractivity contribution in [2.45, 2.75) is 19.1 Å². The van der Waals surface area contributed by atoms with Crippen LogP contribution in [-0.4, -0.2) is 37.1 Å². The molecule has 2 aliphatic rings. The van der Waals surface area contributed by atoms with Crippen molar-refractivity contribution in [3.8, 4) is 0 Å². The molecule has 0 bridgehead atoms. The first-order chi connectivity index (χ1) is 15.6. The van der Waals surface area contributed by atoms with Gasteiger partial charge < -0.3 is 30.2 Å². The van der Waals surface area contributed by atoms with Crippen LogP contribution in [0.2, 0.25) is 0 Å². The molecule has 1 aliphatic carbocycles. The number of hydrogen-bond donors (Lipinski definition) is 3. The highest BCUT2D eigenvalue weighted by atomic mass is 16.6. The van der Waals surface area contributed by atoms with Crippen LogP contribution in [0.1, 0.15) is 23.2 Å². The molecule has 1 heterocycles. The fourth-order valence-electron chi connectivity index (χ4n) is 4.36. The number of rotatable bonds is 7. The van der Waals surface area contributed by atoms with Crippen molar-refractivity contribution in [1.29, 1.82) is 0 Å². The Morgan fingerprint density at radius 3 is 2.38 bits per heavy atom. The van der Waals surface area contributed by atoms with Crippen LogP contribution in [0.5, 0.6) is 0 Å². The zero-order chi connectivity index (χ0) is 22.5. The monoisotopic (exact) mass is 438 g/mol. The van der Waals surface area contributed by atoms with Gasteiger partial charge in [0.2, 0.25) is 0 Å². The summed E-state index contributed by atoms with van der Waals surface area (Å²) in [5.74, 6) is -1.50. The van der Waals surface area contributed by atoms with Crippen LogP contribution in [0.25, 0.3) is 0 Å². The number of benzene rings is 2. The van der Waals surface area contributed by atoms with Crippen molar-refractivity contribution in [2.75, 3.05) is 24.6 Å². The third-order valence-electron chi connectivity index (χ3n) is 6.02. The number of aliphatic hydroxyl groups is 1. The molecular weight excluding hydrogens is 412 g/mol. The minimum absolute atomic E-state index is 0.108. The summed E-state index contributed by atoms with van der Waals surface area (Å²) in [5, 5.41) is 10.3. The number of carbonyl (C=O) groups is 2. The fourth-order valence-corrected chi connectivity index (χ4v) is 4.36. The van der Waals surface area contributed by atoms with Gasteiger partial charge in [-0.3, -0.25) is 0 Å². The van der Waals surface area contributed by atoms with E-state index >= 15 is 0 Å². The minimum atomic E-state index is -1.04. The summed E-state index contributed by atoms with van der Waals surface area (Å²) in [6.45, 7) is 0.143. The molecule has 3 N–H and O–H groups in total. The zero-order valence-electron chi connectivity index (χ0n) is 17.7. The Bertz CT molecular complexity index is 976. The third kappa shape index (κ3) is 4.70. The van der Waals surface area contributed by atoms with Gasteiger partial charge >= 0.3 is 11.9 Å². The molecule has 1 aliphatic heterocycles. The Morgan fingerprint density at radius 1 is 1.00 bits per heavy atom. The van der Waals surface area contributed by atoms with Crippen molar-refractivity contribution in [3.63, 3.8) is 0 Å². The number of para-hydroxylation sites is 1. The van der Waals surface area contributed by atoms with E-state index in [0.29, 0.717) is 24.0 Å². The number of anilines is 2. The number of esters is 2. The molecule has 2 aromatic carbocycles. The number of nitrogens with one attached hydrogen (secondary N) is 2. The fraction of sp³-hybridized carbons (Fsp3) is 0.333. The van der Waals surface area contributed by atoms with Gasteiger partial charge in [-0.15, -0.1) is 0 Å². The first-order valence-corrected chi connectivity index (χ1v) is 10.5. The highest BCUT2D eigenvalue weighted by molar-refractivity contribution is 5.90. The Kier molecular flexibility index (Phi) is 6.61. The predicted octanol–water partition coefficient (Wildman–Crippen LogP) is 3.33. The number of hydrazine groups is 1. The average molecular weight is 438 g/mol. The topological polar surface area (TPSA) is 106 Å². The van der Waals surface area contributed by atoms with Crippen molar-refractivity contribution in [1.82, 2.24) is 0 Å². The molecular formula is C24H26N2O6. The molecule has 8 nitrogen and oxygen atoms in total. The van der Waals surface area contributed by atoms with Crippen molar-refractivity contribution < 1.29 is 28.9 Å². The SMILES string of the molecule is COC(=O)C1=COC(O)C2C(COC(=O)c3ccc(NNc4ccccc4)cc3)CCC12. The summed E-state index contributed by atoms with van der Waals surface area (Å²) in [5.41, 5.74) is 8.72. The van der Waals surface area contributed by atoms with Crippen LogP contribution in [0, 0.1) is 17.8 Å². The second-order valence-corrected chi connectivity index (χ2v) is 7.90. The van der Waals surface area contributed by atoms with Gasteiger partial charge in [-0.05, 0) is 49.2 Å². The molecule has 4 unspecified atom stereocenters. The molecule has 32 heavy (non-hydrogen) atoms. The average Bonchev–Trinajstić information content (AvgIpc) is 3.27. The number of fused-ring (bicyclic) bond motifs is 1. The van der Waals surface area contributed by atoms with E-state index in [2.05, 4.69) is 10.9 Å². The Hall–Kier alpha value is -3.52. The third-order valence-corrected chi connectivity index (χ3v) is 6.02. The van der Waals surface area contributed by atoms with E-state index in [0.717, 1.165) is 11.4 Å². The normalized spacial score (nSPS) is 23.9. The molecule has 4 atom stereocenters. The maximum atomic E-state index is 12.5. The predicted molar refractivity (Wildman–Crippen MR) is 117 cm³/mol. The summed E-state index contributed by atoms with van der Waals surface area (Å²) >= 11 is 0. The van der Waals surface area contributed by atoms with Crippen LogP contribution in [0.4, 0.5) is 11.4 Å². The molecule has 168 valence electrons. The van der Waals surface area contributed by atoms with E-state index in [1.807, 2.05) is 30.3 Å². The number of carbonyl (C=O) groups excluding carboxylic acids is 2. The highest BCUT2D eigenvalue weighted by Gasteiger charge is 2.47. The van der Waals surface area contributed by atoms with Crippen LogP contribution < -0.4 is 10.9 Å². The second-order valence-electron chi connectivity index (χ2n) is 7.90. The lowest BCUT2D eigenvalue weighted by atomic mass is 9.83. The molecule has 2 aromatic rings. The lowest BCUT2D eigenvalue weighted by Gasteiger charge is -2.32. The van der Waals surface area contributed by atoms with Gasteiger partial charge in [0.15, 0.2) is 6.29 Å². The molecule has 0 aromatic heterocycles. The number of hydrogen-bond acceptors (Lipinski definition) is 8. The standard InChI is InChI=1S/C24H26N2O6/c1-30-23(28)20-14-32-24(29)21-16(9-12-19(20)21)13-31-22(27)15-7-10-18(11-8-15)26-25-17-5-3-2-4-6-17/h2-8,10-11,14,16,19,21,24-26,29H,9,12-13H2,1H3. The van der Waals surface area contributed by atoms with Gasteiger partial charge in [0.25, 0.3) is 0 Å². The molecule has 0 amide bonds. The maximum absolute atomic E-state index is 12.5. The van der Waals surface area contributed by atoms with Gasteiger partial charge in [0, 0.05) is 17.8 Å². The van der Waals surface area contributed by atoms with E-state index in [4.69, 9.17) is 14.2 Å². The zero-order valence-corrected chi connectivity index (χ0v) is 17.7. The first-order valence-electron chi connectivity index (χ1n) is 10.5. The summed E-state index contributed by atoms with van der Waals surface area (Å²) in [7, 11) is 1.32. The Balaban J connectivity index is 1.31. The second kappa shape index (κ2) is 9.74. The molecule has 1 fully saturated rings. The van der Waals surface area contributed by atoms with Gasteiger partial charge in [0.05, 0.1) is 42.5 Å². The van der Waals surface area contributed by atoms with E-state index in [1.165, 1.54) is 13.4 Å². The smallest absolute Gasteiger partial charge is 0.338 e. The summed E-state index contributed by atoms with van der Waals surface area (Å²) < 4.78 is 15.6. The number of ether oxygens (including phenoxy) is 3. The van der Waals surface area contributed by atoms with Gasteiger partial charge in [-0.1, -0.05) is 18.2 Å². The van der Waals surface area contributed by atoms with Gasteiger partial charge in [-0.25, -0.2) is 9.59 Å². The van der Waals surface area contributed by atoms with Crippen LogP contribution in [0.15, 0.2) is 66.4 Å². The maximum Gasteiger partial charge on any atom is 0.338 e. The quantitative estimate of drug-likeness (QED) is 0.447. The Morgan fingerprint density at radius 2 is 1.69 bits per heavy atom. The van der Waals surface area contributed by atoms with Crippen LogP contribution >= 0.6 is 0 Å². The van der Waals surface area contributed by atoms with Crippen LogP contribution in [0.3, 0.4) is 0 Å². The van der Waals surface area contributed by atoms with Gasteiger partial charge in [-0.2, -0.15) is 0 Å². The molecule has 1 saturated carbocycles. The largest absolute Gasteiger partial charge is 0.472 e. The number of methoxy groups -OCH3 is 1. The lowest BCUT2D eigenvalue weighted by Crippen LogP contribution is -2.37. The Labute approximate surface area is 186 Å².